The first-order chi connectivity index (χ1) is 7.72. The zero-order chi connectivity index (χ0) is 11.5. The molecule has 86 valence electrons. The first-order valence-corrected chi connectivity index (χ1v) is 5.46. The molecule has 2 rings (SSSR count). The van der Waals surface area contributed by atoms with Crippen LogP contribution in [-0.4, -0.2) is 28.6 Å². The van der Waals surface area contributed by atoms with E-state index in [0.29, 0.717) is 26.1 Å². The van der Waals surface area contributed by atoms with E-state index >= 15 is 0 Å². The van der Waals surface area contributed by atoms with Crippen LogP contribution in [0.2, 0.25) is 0 Å². The summed E-state index contributed by atoms with van der Waals surface area (Å²) in [5, 5.41) is 9.15. The molecule has 4 nitrogen and oxygen atoms in total. The summed E-state index contributed by atoms with van der Waals surface area (Å²) in [6, 6.07) is 7.62. The van der Waals surface area contributed by atoms with Crippen LogP contribution in [0.25, 0.3) is 0 Å². The number of carbonyl (C=O) groups is 1. The number of carboxylic acids is 1. The summed E-state index contributed by atoms with van der Waals surface area (Å²) in [5.41, 5.74) is 7.91. The van der Waals surface area contributed by atoms with E-state index in [0.717, 1.165) is 0 Å². The molecule has 1 aromatic rings. The van der Waals surface area contributed by atoms with Crippen LogP contribution in [0, 0.1) is 0 Å². The van der Waals surface area contributed by atoms with Crippen LogP contribution in [-0.2, 0) is 17.9 Å². The number of fused-ring (bicyclic) bond motifs is 1. The van der Waals surface area contributed by atoms with Crippen molar-refractivity contribution in [2.45, 2.75) is 25.6 Å². The molecule has 0 radical (unpaired) electrons. The Kier molecular flexibility index (Phi) is 3.22. The van der Waals surface area contributed by atoms with Gasteiger partial charge in [-0.25, -0.2) is 0 Å². The lowest BCUT2D eigenvalue weighted by atomic mass is 10.1. The van der Waals surface area contributed by atoms with Gasteiger partial charge in [-0.05, 0) is 24.1 Å². The molecule has 0 saturated carbocycles. The molecule has 0 bridgehead atoms. The molecule has 1 unspecified atom stereocenters. The van der Waals surface area contributed by atoms with E-state index in [1.807, 2.05) is 17.0 Å². The normalized spacial score (nSPS) is 17.1. The van der Waals surface area contributed by atoms with Gasteiger partial charge < -0.3 is 10.8 Å². The summed E-state index contributed by atoms with van der Waals surface area (Å²) < 4.78 is 0. The second-order valence-corrected chi connectivity index (χ2v) is 4.11. The molecule has 3 N–H and O–H groups in total. The first-order valence-electron chi connectivity index (χ1n) is 5.46. The minimum Gasteiger partial charge on any atom is -0.480 e. The van der Waals surface area contributed by atoms with Gasteiger partial charge >= 0.3 is 5.97 Å². The monoisotopic (exact) mass is 220 g/mol. The average Bonchev–Trinajstić information content (AvgIpc) is 2.68. The molecule has 0 amide bonds. The largest absolute Gasteiger partial charge is 0.480 e. The van der Waals surface area contributed by atoms with Crippen molar-refractivity contribution in [1.29, 1.82) is 0 Å². The minimum atomic E-state index is -0.779. The van der Waals surface area contributed by atoms with Gasteiger partial charge in [0, 0.05) is 13.1 Å². The fraction of sp³-hybridized carbons (Fsp3) is 0.417. The average molecular weight is 220 g/mol. The van der Waals surface area contributed by atoms with Crippen LogP contribution in [0.15, 0.2) is 24.3 Å². The number of nitrogens with two attached hydrogens (primary N) is 1. The maximum atomic E-state index is 11.1. The number of rotatable bonds is 4. The second kappa shape index (κ2) is 4.63. The number of benzene rings is 1. The van der Waals surface area contributed by atoms with E-state index in [-0.39, 0.29) is 0 Å². The van der Waals surface area contributed by atoms with Crippen molar-refractivity contribution in [3.05, 3.63) is 35.4 Å². The third-order valence-electron chi connectivity index (χ3n) is 3.03. The molecule has 1 aliphatic heterocycles. The number of aliphatic carboxylic acids is 1. The molecule has 0 fully saturated rings. The van der Waals surface area contributed by atoms with Crippen molar-refractivity contribution in [2.75, 3.05) is 6.54 Å². The molecule has 4 heteroatoms. The fourth-order valence-electron chi connectivity index (χ4n) is 2.20. The molecule has 0 aromatic heterocycles. The molecule has 0 spiro atoms. The van der Waals surface area contributed by atoms with E-state index in [1.165, 1.54) is 11.1 Å². The zero-order valence-electron chi connectivity index (χ0n) is 9.10. The highest BCUT2D eigenvalue weighted by atomic mass is 16.4. The van der Waals surface area contributed by atoms with Crippen molar-refractivity contribution in [1.82, 2.24) is 4.90 Å². The standard InChI is InChI=1S/C12H16N2O2/c13-6-5-11(12(15)16)14-7-9-3-1-2-4-10(9)8-14/h1-4,11H,5-8,13H2,(H,15,16). The minimum absolute atomic E-state index is 0.407. The van der Waals surface area contributed by atoms with Crippen LogP contribution in [0.3, 0.4) is 0 Å². The SMILES string of the molecule is NCCC(C(=O)O)N1Cc2ccccc2C1. The van der Waals surface area contributed by atoms with E-state index in [2.05, 4.69) is 12.1 Å². The topological polar surface area (TPSA) is 66.6 Å². The Hall–Kier alpha value is -1.39. The highest BCUT2D eigenvalue weighted by Gasteiger charge is 2.29. The molecule has 1 atom stereocenters. The van der Waals surface area contributed by atoms with Gasteiger partial charge in [-0.3, -0.25) is 9.69 Å². The smallest absolute Gasteiger partial charge is 0.320 e. The van der Waals surface area contributed by atoms with Crippen molar-refractivity contribution < 1.29 is 9.90 Å². The molecule has 1 heterocycles. The van der Waals surface area contributed by atoms with Crippen molar-refractivity contribution in [3.63, 3.8) is 0 Å². The fourth-order valence-corrected chi connectivity index (χ4v) is 2.20. The number of nitrogens with zero attached hydrogens (tertiary/aromatic N) is 1. The summed E-state index contributed by atoms with van der Waals surface area (Å²) >= 11 is 0. The van der Waals surface area contributed by atoms with Gasteiger partial charge in [0.05, 0.1) is 0 Å². The predicted molar refractivity (Wildman–Crippen MR) is 60.8 cm³/mol. The first kappa shape index (κ1) is 11.1. The number of hydrogen-bond donors (Lipinski definition) is 2. The summed E-state index contributed by atoms with van der Waals surface area (Å²) in [4.78, 5) is 13.1. The zero-order valence-corrected chi connectivity index (χ0v) is 9.10. The molecule has 1 aliphatic rings. The van der Waals surface area contributed by atoms with Gasteiger partial charge in [-0.15, -0.1) is 0 Å². The Morgan fingerprint density at radius 1 is 1.38 bits per heavy atom. The second-order valence-electron chi connectivity index (χ2n) is 4.11. The summed E-state index contributed by atoms with van der Waals surface area (Å²) in [6.45, 7) is 1.84. The summed E-state index contributed by atoms with van der Waals surface area (Å²) in [6.07, 6.45) is 0.503. The summed E-state index contributed by atoms with van der Waals surface area (Å²) in [7, 11) is 0. The molecule has 16 heavy (non-hydrogen) atoms. The van der Waals surface area contributed by atoms with Crippen LogP contribution >= 0.6 is 0 Å². The van der Waals surface area contributed by atoms with Crippen LogP contribution in [0.1, 0.15) is 17.5 Å². The molecular formula is C12H16N2O2. The van der Waals surface area contributed by atoms with Crippen molar-refractivity contribution in [2.24, 2.45) is 5.73 Å². The lowest BCUT2D eigenvalue weighted by Gasteiger charge is -2.22. The lowest BCUT2D eigenvalue weighted by Crippen LogP contribution is -2.39. The molecule has 0 aliphatic carbocycles. The van der Waals surface area contributed by atoms with Crippen LogP contribution in [0.5, 0.6) is 0 Å². The maximum Gasteiger partial charge on any atom is 0.320 e. The number of carboxylic acid groups (broad SMARTS) is 1. The molecule has 1 aromatic carbocycles. The van der Waals surface area contributed by atoms with E-state index in [9.17, 15) is 4.79 Å². The van der Waals surface area contributed by atoms with Crippen molar-refractivity contribution in [3.8, 4) is 0 Å². The third kappa shape index (κ3) is 2.08. The Balaban J connectivity index is 2.12. The van der Waals surface area contributed by atoms with Gasteiger partial charge in [0.25, 0.3) is 0 Å². The van der Waals surface area contributed by atoms with Crippen molar-refractivity contribution >= 4 is 5.97 Å². The van der Waals surface area contributed by atoms with Gasteiger partial charge in [-0.2, -0.15) is 0 Å². The number of hydrogen-bond acceptors (Lipinski definition) is 3. The van der Waals surface area contributed by atoms with E-state index in [4.69, 9.17) is 10.8 Å². The Labute approximate surface area is 94.7 Å². The molecular weight excluding hydrogens is 204 g/mol. The van der Waals surface area contributed by atoms with E-state index in [1.54, 1.807) is 0 Å². The van der Waals surface area contributed by atoms with Crippen LogP contribution < -0.4 is 5.73 Å². The third-order valence-corrected chi connectivity index (χ3v) is 3.03. The summed E-state index contributed by atoms with van der Waals surface area (Å²) in [5.74, 6) is -0.779. The quantitative estimate of drug-likeness (QED) is 0.787. The predicted octanol–water partition coefficient (Wildman–Crippen LogP) is 0.804. The van der Waals surface area contributed by atoms with E-state index < -0.39 is 12.0 Å². The maximum absolute atomic E-state index is 11.1. The Morgan fingerprint density at radius 2 is 1.94 bits per heavy atom. The van der Waals surface area contributed by atoms with Gasteiger partial charge in [0.1, 0.15) is 6.04 Å². The van der Waals surface area contributed by atoms with Gasteiger partial charge in [0.2, 0.25) is 0 Å². The van der Waals surface area contributed by atoms with Gasteiger partial charge in [0.15, 0.2) is 0 Å². The highest BCUT2D eigenvalue weighted by Crippen LogP contribution is 2.25. The Bertz CT molecular complexity index is 367. The van der Waals surface area contributed by atoms with Crippen LogP contribution in [0.4, 0.5) is 0 Å². The Morgan fingerprint density at radius 3 is 2.38 bits per heavy atom. The molecule has 0 saturated heterocycles. The van der Waals surface area contributed by atoms with Gasteiger partial charge in [-0.1, -0.05) is 24.3 Å². The highest BCUT2D eigenvalue weighted by molar-refractivity contribution is 5.73. The lowest BCUT2D eigenvalue weighted by molar-refractivity contribution is -0.143.